The molecule has 0 aliphatic carbocycles. The number of ether oxygens (including phenoxy) is 1. The minimum Gasteiger partial charge on any atom is -0.487 e. The first kappa shape index (κ1) is 17.1. The smallest absolute Gasteiger partial charge is 0.416 e. The highest BCUT2D eigenvalue weighted by molar-refractivity contribution is 5.89. The average molecular weight is 350 g/mol. The number of halogens is 3. The van der Waals surface area contributed by atoms with Crippen LogP contribution in [0.3, 0.4) is 0 Å². The van der Waals surface area contributed by atoms with Gasteiger partial charge in [0, 0.05) is 5.69 Å². The minimum absolute atomic E-state index is 0.151. The normalized spacial score (nSPS) is 14.8. The number of nitrogens with one attached hydrogen (secondary N) is 1. The first-order chi connectivity index (χ1) is 11.8. The van der Waals surface area contributed by atoms with Crippen LogP contribution in [0.1, 0.15) is 11.1 Å². The van der Waals surface area contributed by atoms with Crippen molar-refractivity contribution in [2.75, 3.05) is 18.4 Å². The third-order valence-corrected chi connectivity index (χ3v) is 3.90. The summed E-state index contributed by atoms with van der Waals surface area (Å²) in [4.78, 5) is 13.6. The van der Waals surface area contributed by atoms with Gasteiger partial charge >= 0.3 is 12.2 Å². The fraction of sp³-hybridized carbons (Fsp3) is 0.278. The van der Waals surface area contributed by atoms with Crippen LogP contribution in [0.15, 0.2) is 48.5 Å². The number of carbonyl (C=O) groups is 1. The topological polar surface area (TPSA) is 41.6 Å². The number of alkyl halides is 3. The van der Waals surface area contributed by atoms with Gasteiger partial charge in [-0.15, -0.1) is 0 Å². The molecule has 1 aliphatic rings. The highest BCUT2D eigenvalue weighted by Crippen LogP contribution is 2.32. The number of anilines is 1. The molecular weight excluding hydrogens is 333 g/mol. The molecule has 7 heteroatoms. The van der Waals surface area contributed by atoms with Gasteiger partial charge in [0.05, 0.1) is 18.7 Å². The predicted molar refractivity (Wildman–Crippen MR) is 87.6 cm³/mol. The Hall–Kier alpha value is -2.70. The summed E-state index contributed by atoms with van der Waals surface area (Å²) in [6.45, 7) is 2.61. The second-order valence-corrected chi connectivity index (χ2v) is 5.97. The Morgan fingerprint density at radius 3 is 2.48 bits per heavy atom. The molecule has 0 bridgehead atoms. The summed E-state index contributed by atoms with van der Waals surface area (Å²) in [6.07, 6.45) is -4.72. The highest BCUT2D eigenvalue weighted by atomic mass is 19.4. The van der Waals surface area contributed by atoms with Gasteiger partial charge in [0.1, 0.15) is 11.9 Å². The Balaban J connectivity index is 1.51. The molecule has 25 heavy (non-hydrogen) atoms. The summed E-state index contributed by atoms with van der Waals surface area (Å²) < 4.78 is 43.6. The molecule has 4 nitrogen and oxygen atoms in total. The number of urea groups is 1. The van der Waals surface area contributed by atoms with Crippen molar-refractivity contribution >= 4 is 11.7 Å². The monoisotopic (exact) mass is 350 g/mol. The average Bonchev–Trinajstić information content (AvgIpc) is 2.52. The van der Waals surface area contributed by atoms with Crippen LogP contribution >= 0.6 is 0 Å². The van der Waals surface area contributed by atoms with E-state index in [9.17, 15) is 18.0 Å². The molecule has 3 rings (SSSR count). The van der Waals surface area contributed by atoms with Crippen molar-refractivity contribution in [3.05, 3.63) is 59.7 Å². The van der Waals surface area contributed by atoms with Crippen LogP contribution in [0.5, 0.6) is 5.75 Å². The molecular formula is C18H17F3N2O2. The van der Waals surface area contributed by atoms with Gasteiger partial charge < -0.3 is 15.0 Å². The van der Waals surface area contributed by atoms with Crippen molar-refractivity contribution in [1.82, 2.24) is 4.90 Å². The van der Waals surface area contributed by atoms with Gasteiger partial charge in [0.25, 0.3) is 0 Å². The summed E-state index contributed by atoms with van der Waals surface area (Å²) in [6, 6.07) is 11.9. The maximum Gasteiger partial charge on any atom is 0.416 e. The molecule has 1 fully saturated rings. The summed E-state index contributed by atoms with van der Waals surface area (Å²) in [5.41, 5.74) is 1.03. The molecule has 1 saturated heterocycles. The summed E-state index contributed by atoms with van der Waals surface area (Å²) in [7, 11) is 0. The van der Waals surface area contributed by atoms with E-state index in [1.54, 1.807) is 0 Å². The second-order valence-electron chi connectivity index (χ2n) is 5.97. The van der Waals surface area contributed by atoms with E-state index in [4.69, 9.17) is 4.74 Å². The predicted octanol–water partition coefficient (Wildman–Crippen LogP) is 4.31. The maximum absolute atomic E-state index is 12.7. The van der Waals surface area contributed by atoms with Crippen molar-refractivity contribution in [2.24, 2.45) is 0 Å². The molecule has 0 radical (unpaired) electrons. The number of hydrogen-bond donors (Lipinski definition) is 1. The molecule has 132 valence electrons. The van der Waals surface area contributed by atoms with Gasteiger partial charge in [-0.05, 0) is 37.3 Å². The van der Waals surface area contributed by atoms with Crippen LogP contribution in [0.4, 0.5) is 23.7 Å². The first-order valence-electron chi connectivity index (χ1n) is 7.78. The lowest BCUT2D eigenvalue weighted by atomic mass is 10.1. The van der Waals surface area contributed by atoms with E-state index in [-0.39, 0.29) is 17.9 Å². The van der Waals surface area contributed by atoms with Crippen LogP contribution in [0, 0.1) is 6.92 Å². The van der Waals surface area contributed by atoms with E-state index >= 15 is 0 Å². The zero-order chi connectivity index (χ0) is 18.0. The molecule has 0 aromatic heterocycles. The van der Waals surface area contributed by atoms with Gasteiger partial charge in [-0.25, -0.2) is 4.79 Å². The van der Waals surface area contributed by atoms with E-state index < -0.39 is 11.7 Å². The third-order valence-electron chi connectivity index (χ3n) is 3.90. The lowest BCUT2D eigenvalue weighted by molar-refractivity contribution is -0.137. The standard InChI is InChI=1S/C18H17F3N2O2/c1-12-5-7-14(8-6-12)22-17(24)23-10-16(11-23)25-15-4-2-3-13(9-15)18(19,20)21/h2-9,16H,10-11H2,1H3,(H,22,24). The number of benzene rings is 2. The Morgan fingerprint density at radius 2 is 1.84 bits per heavy atom. The molecule has 0 unspecified atom stereocenters. The summed E-state index contributed by atoms with van der Waals surface area (Å²) >= 11 is 0. The van der Waals surface area contributed by atoms with Gasteiger partial charge in [-0.2, -0.15) is 13.2 Å². The van der Waals surface area contributed by atoms with E-state index in [0.29, 0.717) is 18.8 Å². The number of aryl methyl sites for hydroxylation is 1. The quantitative estimate of drug-likeness (QED) is 0.896. The van der Waals surface area contributed by atoms with Crippen LogP contribution < -0.4 is 10.1 Å². The Labute approximate surface area is 143 Å². The first-order valence-corrected chi connectivity index (χ1v) is 7.78. The van der Waals surface area contributed by atoms with E-state index in [1.165, 1.54) is 17.0 Å². The van der Waals surface area contributed by atoms with E-state index in [2.05, 4.69) is 5.32 Å². The SMILES string of the molecule is Cc1ccc(NC(=O)N2CC(Oc3cccc(C(F)(F)F)c3)C2)cc1. The number of amides is 2. The van der Waals surface area contributed by atoms with Crippen molar-refractivity contribution in [2.45, 2.75) is 19.2 Å². The minimum atomic E-state index is -4.40. The van der Waals surface area contributed by atoms with Crippen LogP contribution in [0.25, 0.3) is 0 Å². The summed E-state index contributed by atoms with van der Waals surface area (Å²) in [5.74, 6) is 0.151. The van der Waals surface area contributed by atoms with Crippen LogP contribution in [-0.4, -0.2) is 30.1 Å². The Kier molecular flexibility index (Phi) is 4.57. The zero-order valence-corrected chi connectivity index (χ0v) is 13.5. The van der Waals surface area contributed by atoms with Gasteiger partial charge in [-0.3, -0.25) is 0 Å². The summed E-state index contributed by atoms with van der Waals surface area (Å²) in [5, 5.41) is 2.77. The lowest BCUT2D eigenvalue weighted by Gasteiger charge is -2.38. The zero-order valence-electron chi connectivity index (χ0n) is 13.5. The van der Waals surface area contributed by atoms with Crippen LogP contribution in [-0.2, 0) is 6.18 Å². The van der Waals surface area contributed by atoms with Crippen LogP contribution in [0.2, 0.25) is 0 Å². The molecule has 1 N–H and O–H groups in total. The molecule has 2 aromatic carbocycles. The molecule has 1 heterocycles. The van der Waals surface area contributed by atoms with Crippen molar-refractivity contribution < 1.29 is 22.7 Å². The van der Waals surface area contributed by atoms with Crippen molar-refractivity contribution in [3.63, 3.8) is 0 Å². The maximum atomic E-state index is 12.7. The van der Waals surface area contributed by atoms with Gasteiger partial charge in [0.15, 0.2) is 0 Å². The molecule has 2 aromatic rings. The van der Waals surface area contributed by atoms with Gasteiger partial charge in [0.2, 0.25) is 0 Å². The Morgan fingerprint density at radius 1 is 1.16 bits per heavy atom. The lowest BCUT2D eigenvalue weighted by Crippen LogP contribution is -2.57. The fourth-order valence-corrected chi connectivity index (χ4v) is 2.46. The largest absolute Gasteiger partial charge is 0.487 e. The highest BCUT2D eigenvalue weighted by Gasteiger charge is 2.34. The number of hydrogen-bond acceptors (Lipinski definition) is 2. The van der Waals surface area contributed by atoms with Crippen molar-refractivity contribution in [1.29, 1.82) is 0 Å². The number of nitrogens with zero attached hydrogens (tertiary/aromatic N) is 1. The number of carbonyl (C=O) groups excluding carboxylic acids is 1. The molecule has 0 spiro atoms. The molecule has 1 aliphatic heterocycles. The molecule has 2 amide bonds. The third kappa shape index (κ3) is 4.23. The van der Waals surface area contributed by atoms with Gasteiger partial charge in [-0.1, -0.05) is 23.8 Å². The second kappa shape index (κ2) is 6.66. The Bertz CT molecular complexity index is 754. The molecule has 0 atom stereocenters. The molecule has 0 saturated carbocycles. The van der Waals surface area contributed by atoms with E-state index in [0.717, 1.165) is 17.7 Å². The number of likely N-dealkylation sites (tertiary alicyclic amines) is 1. The van der Waals surface area contributed by atoms with Crippen molar-refractivity contribution in [3.8, 4) is 5.75 Å². The van der Waals surface area contributed by atoms with E-state index in [1.807, 2.05) is 31.2 Å². The number of rotatable bonds is 3. The fourth-order valence-electron chi connectivity index (χ4n) is 2.46.